The summed E-state index contributed by atoms with van der Waals surface area (Å²) in [6.45, 7) is 0. The number of benzene rings is 1. The summed E-state index contributed by atoms with van der Waals surface area (Å²) in [5.41, 5.74) is 6.22. The fraction of sp³-hybridized carbons (Fsp3) is 0. The standard InChI is InChI=1S/C12H7Cl3N2O2/c13-6-1-2-7(14)9(15)8(6)11-10(16)5(12(18)19)3-4-17-11/h1-4H,16H2,(H,18,19). The van der Waals surface area contributed by atoms with E-state index in [1.165, 1.54) is 18.3 Å². The van der Waals surface area contributed by atoms with Crippen LogP contribution in [0.15, 0.2) is 24.4 Å². The summed E-state index contributed by atoms with van der Waals surface area (Å²) in [5.74, 6) is -1.16. The Bertz CT molecular complexity index is 674. The van der Waals surface area contributed by atoms with Crippen molar-refractivity contribution in [3.05, 3.63) is 45.0 Å². The molecule has 0 unspecified atom stereocenters. The third-order valence-electron chi connectivity index (χ3n) is 2.50. The lowest BCUT2D eigenvalue weighted by atomic mass is 10.1. The van der Waals surface area contributed by atoms with Gasteiger partial charge in [0.1, 0.15) is 0 Å². The molecule has 98 valence electrons. The highest BCUT2D eigenvalue weighted by atomic mass is 35.5. The third-order valence-corrected chi connectivity index (χ3v) is 3.62. The van der Waals surface area contributed by atoms with Crippen molar-refractivity contribution < 1.29 is 9.90 Å². The van der Waals surface area contributed by atoms with Crippen molar-refractivity contribution in [2.45, 2.75) is 0 Å². The number of aromatic nitrogens is 1. The number of rotatable bonds is 2. The second kappa shape index (κ2) is 5.25. The molecule has 0 saturated carbocycles. The van der Waals surface area contributed by atoms with Gasteiger partial charge in [-0.2, -0.15) is 0 Å². The van der Waals surface area contributed by atoms with Gasteiger partial charge < -0.3 is 10.8 Å². The molecule has 0 saturated heterocycles. The van der Waals surface area contributed by atoms with Gasteiger partial charge in [-0.25, -0.2) is 4.79 Å². The second-order valence-corrected chi connectivity index (χ2v) is 4.84. The minimum atomic E-state index is -1.16. The van der Waals surface area contributed by atoms with E-state index in [1.807, 2.05) is 0 Å². The maximum atomic E-state index is 11.0. The van der Waals surface area contributed by atoms with Crippen LogP contribution in [-0.2, 0) is 0 Å². The monoisotopic (exact) mass is 316 g/mol. The van der Waals surface area contributed by atoms with E-state index in [9.17, 15) is 4.79 Å². The fourth-order valence-corrected chi connectivity index (χ4v) is 2.31. The Hall–Kier alpha value is -1.49. The third kappa shape index (κ3) is 2.47. The molecule has 2 aromatic rings. The molecule has 0 fully saturated rings. The Morgan fingerprint density at radius 2 is 1.79 bits per heavy atom. The number of carbonyl (C=O) groups is 1. The molecule has 2 rings (SSSR count). The number of nitrogen functional groups attached to an aromatic ring is 1. The maximum absolute atomic E-state index is 11.0. The molecular formula is C12H7Cl3N2O2. The number of pyridine rings is 1. The molecule has 0 bridgehead atoms. The van der Waals surface area contributed by atoms with E-state index in [2.05, 4.69) is 4.98 Å². The second-order valence-electron chi connectivity index (χ2n) is 3.64. The predicted octanol–water partition coefficient (Wildman–Crippen LogP) is 3.99. The highest BCUT2D eigenvalue weighted by molar-refractivity contribution is 6.46. The molecule has 0 spiro atoms. The Labute approximate surface area is 123 Å². The molecule has 7 heteroatoms. The van der Waals surface area contributed by atoms with E-state index < -0.39 is 5.97 Å². The van der Waals surface area contributed by atoms with Crippen LogP contribution in [0.3, 0.4) is 0 Å². The van der Waals surface area contributed by atoms with Crippen LogP contribution in [0.1, 0.15) is 10.4 Å². The van der Waals surface area contributed by atoms with Gasteiger partial charge in [0, 0.05) is 11.8 Å². The van der Waals surface area contributed by atoms with Gasteiger partial charge in [-0.1, -0.05) is 34.8 Å². The van der Waals surface area contributed by atoms with Gasteiger partial charge in [-0.15, -0.1) is 0 Å². The number of hydrogen-bond donors (Lipinski definition) is 2. The van der Waals surface area contributed by atoms with Crippen LogP contribution in [0.25, 0.3) is 11.3 Å². The molecule has 0 aliphatic carbocycles. The molecule has 19 heavy (non-hydrogen) atoms. The summed E-state index contributed by atoms with van der Waals surface area (Å²) >= 11 is 18.0. The van der Waals surface area contributed by atoms with Crippen molar-refractivity contribution in [3.63, 3.8) is 0 Å². The number of nitrogens with two attached hydrogens (primary N) is 1. The van der Waals surface area contributed by atoms with Crippen LogP contribution < -0.4 is 5.73 Å². The zero-order valence-electron chi connectivity index (χ0n) is 9.32. The normalized spacial score (nSPS) is 10.5. The topological polar surface area (TPSA) is 76.2 Å². The lowest BCUT2D eigenvalue weighted by molar-refractivity contribution is 0.0698. The van der Waals surface area contributed by atoms with Crippen molar-refractivity contribution in [1.29, 1.82) is 0 Å². The minimum Gasteiger partial charge on any atom is -0.478 e. The van der Waals surface area contributed by atoms with E-state index in [-0.39, 0.29) is 32.0 Å². The first-order valence-corrected chi connectivity index (χ1v) is 6.18. The van der Waals surface area contributed by atoms with Crippen LogP contribution in [0.2, 0.25) is 15.1 Å². The first-order valence-electron chi connectivity index (χ1n) is 5.05. The van der Waals surface area contributed by atoms with E-state index in [4.69, 9.17) is 45.6 Å². The van der Waals surface area contributed by atoms with Gasteiger partial charge in [-0.3, -0.25) is 4.98 Å². The van der Waals surface area contributed by atoms with Gasteiger partial charge in [-0.05, 0) is 18.2 Å². The van der Waals surface area contributed by atoms with Crippen molar-refractivity contribution in [3.8, 4) is 11.3 Å². The lowest BCUT2D eigenvalue weighted by Gasteiger charge is -2.11. The van der Waals surface area contributed by atoms with E-state index in [0.29, 0.717) is 5.56 Å². The van der Waals surface area contributed by atoms with Crippen molar-refractivity contribution >= 4 is 46.5 Å². The number of halogens is 3. The Kier molecular flexibility index (Phi) is 3.85. The number of aromatic carboxylic acids is 1. The van der Waals surface area contributed by atoms with E-state index in [0.717, 1.165) is 0 Å². The Morgan fingerprint density at radius 3 is 2.42 bits per heavy atom. The van der Waals surface area contributed by atoms with Crippen molar-refractivity contribution in [2.24, 2.45) is 0 Å². The molecule has 0 amide bonds. The maximum Gasteiger partial charge on any atom is 0.337 e. The van der Waals surface area contributed by atoms with Gasteiger partial charge >= 0.3 is 5.97 Å². The number of nitrogens with zero attached hydrogens (tertiary/aromatic N) is 1. The summed E-state index contributed by atoms with van der Waals surface area (Å²) in [6, 6.07) is 4.38. The quantitative estimate of drug-likeness (QED) is 0.821. The van der Waals surface area contributed by atoms with Crippen LogP contribution in [0.4, 0.5) is 5.69 Å². The summed E-state index contributed by atoms with van der Waals surface area (Å²) in [4.78, 5) is 15.1. The Morgan fingerprint density at radius 1 is 1.16 bits per heavy atom. The van der Waals surface area contributed by atoms with E-state index in [1.54, 1.807) is 6.07 Å². The van der Waals surface area contributed by atoms with Gasteiger partial charge in [0.15, 0.2) is 0 Å². The van der Waals surface area contributed by atoms with Gasteiger partial charge in [0.2, 0.25) is 0 Å². The molecule has 3 N–H and O–H groups in total. The lowest BCUT2D eigenvalue weighted by Crippen LogP contribution is -2.05. The van der Waals surface area contributed by atoms with Gasteiger partial charge in [0.25, 0.3) is 0 Å². The molecule has 1 aromatic carbocycles. The van der Waals surface area contributed by atoms with Gasteiger partial charge in [0.05, 0.1) is 32.0 Å². The van der Waals surface area contributed by atoms with Crippen LogP contribution in [0.5, 0.6) is 0 Å². The van der Waals surface area contributed by atoms with Crippen molar-refractivity contribution in [2.75, 3.05) is 5.73 Å². The largest absolute Gasteiger partial charge is 0.478 e. The molecule has 0 aliphatic rings. The summed E-state index contributed by atoms with van der Waals surface area (Å²) in [6.07, 6.45) is 1.32. The molecule has 1 aromatic heterocycles. The fourth-order valence-electron chi connectivity index (χ4n) is 1.60. The van der Waals surface area contributed by atoms with Crippen LogP contribution in [0, 0.1) is 0 Å². The molecule has 4 nitrogen and oxygen atoms in total. The first kappa shape index (κ1) is 13.9. The molecule has 0 atom stereocenters. The molecule has 1 heterocycles. The summed E-state index contributed by atoms with van der Waals surface area (Å²) in [5, 5.41) is 9.78. The number of anilines is 1. The number of carboxylic acids is 1. The SMILES string of the molecule is Nc1c(C(=O)O)ccnc1-c1c(Cl)ccc(Cl)c1Cl. The zero-order valence-corrected chi connectivity index (χ0v) is 11.6. The molecule has 0 aliphatic heterocycles. The number of carboxylic acid groups (broad SMARTS) is 1. The van der Waals surface area contributed by atoms with Crippen molar-refractivity contribution in [1.82, 2.24) is 4.98 Å². The highest BCUT2D eigenvalue weighted by Gasteiger charge is 2.19. The van der Waals surface area contributed by atoms with Crippen LogP contribution >= 0.6 is 34.8 Å². The number of hydrogen-bond acceptors (Lipinski definition) is 3. The molecular weight excluding hydrogens is 311 g/mol. The molecule has 0 radical (unpaired) electrons. The average molecular weight is 318 g/mol. The summed E-state index contributed by atoms with van der Waals surface area (Å²) in [7, 11) is 0. The van der Waals surface area contributed by atoms with Crippen LogP contribution in [-0.4, -0.2) is 16.1 Å². The van der Waals surface area contributed by atoms with E-state index >= 15 is 0 Å². The zero-order chi connectivity index (χ0) is 14.2. The smallest absolute Gasteiger partial charge is 0.337 e. The minimum absolute atomic E-state index is 0.0129. The first-order chi connectivity index (χ1) is 8.93. The average Bonchev–Trinajstić information content (AvgIpc) is 2.36. The predicted molar refractivity (Wildman–Crippen MR) is 76.1 cm³/mol. The summed E-state index contributed by atoms with van der Waals surface area (Å²) < 4.78 is 0. The highest BCUT2D eigenvalue weighted by Crippen LogP contribution is 2.40. The Balaban J connectivity index is 2.77.